The number of halogens is 4. The van der Waals surface area contributed by atoms with E-state index < -0.39 is 29.6 Å². The van der Waals surface area contributed by atoms with Gasteiger partial charge in [0.15, 0.2) is 0 Å². The van der Waals surface area contributed by atoms with E-state index in [-0.39, 0.29) is 16.6 Å². The van der Waals surface area contributed by atoms with E-state index in [0.717, 1.165) is 17.8 Å². The van der Waals surface area contributed by atoms with Gasteiger partial charge >= 0.3 is 6.18 Å². The van der Waals surface area contributed by atoms with E-state index in [1.54, 1.807) is 32.0 Å². The first-order valence-corrected chi connectivity index (χ1v) is 9.78. The molecule has 0 aromatic heterocycles. The van der Waals surface area contributed by atoms with Crippen LogP contribution in [-0.2, 0) is 11.0 Å². The standard InChI is InChI=1S/C21H24ClF3N4O2/c1-12(2)18(26-17-9-8-14(11-16(17)22)21(23,24)25)20(31)28-27-19(30)13-6-5-7-15(10-13)29(3)4/h5-12,18,26H,1-4H3,(H,27,30)(H,28,31)/t18-/m0/s1. The minimum absolute atomic E-state index is 0.169. The predicted molar refractivity (Wildman–Crippen MR) is 115 cm³/mol. The molecular formula is C21H24ClF3N4O2. The van der Waals surface area contributed by atoms with Crippen LogP contribution in [0.4, 0.5) is 24.5 Å². The summed E-state index contributed by atoms with van der Waals surface area (Å²) in [6.07, 6.45) is -4.52. The lowest BCUT2D eigenvalue weighted by Crippen LogP contribution is -2.50. The van der Waals surface area contributed by atoms with Crippen molar-refractivity contribution in [2.45, 2.75) is 26.1 Å². The Morgan fingerprint density at radius 2 is 1.71 bits per heavy atom. The fraction of sp³-hybridized carbons (Fsp3) is 0.333. The van der Waals surface area contributed by atoms with Gasteiger partial charge in [-0.25, -0.2) is 0 Å². The molecular weight excluding hydrogens is 433 g/mol. The zero-order valence-corrected chi connectivity index (χ0v) is 18.2. The zero-order chi connectivity index (χ0) is 23.3. The topological polar surface area (TPSA) is 73.5 Å². The summed E-state index contributed by atoms with van der Waals surface area (Å²) in [5.41, 5.74) is 5.16. The molecule has 0 saturated heterocycles. The fourth-order valence-corrected chi connectivity index (χ4v) is 2.94. The van der Waals surface area contributed by atoms with Gasteiger partial charge in [-0.3, -0.25) is 20.4 Å². The van der Waals surface area contributed by atoms with Crippen LogP contribution in [0.1, 0.15) is 29.8 Å². The average molecular weight is 457 g/mol. The van der Waals surface area contributed by atoms with Gasteiger partial charge in [-0.2, -0.15) is 13.2 Å². The van der Waals surface area contributed by atoms with Crippen molar-refractivity contribution < 1.29 is 22.8 Å². The second-order valence-corrected chi connectivity index (χ2v) is 7.85. The Bertz CT molecular complexity index is 948. The maximum Gasteiger partial charge on any atom is 0.416 e. The number of hydrazine groups is 1. The van der Waals surface area contributed by atoms with Crippen LogP contribution < -0.4 is 21.1 Å². The predicted octanol–water partition coefficient (Wildman–Crippen LogP) is 4.32. The van der Waals surface area contributed by atoms with Crippen molar-refractivity contribution in [3.8, 4) is 0 Å². The van der Waals surface area contributed by atoms with E-state index in [1.165, 1.54) is 6.07 Å². The number of nitrogens with one attached hydrogen (secondary N) is 3. The lowest BCUT2D eigenvalue weighted by molar-refractivity contribution is -0.137. The molecule has 1 atom stereocenters. The van der Waals surface area contributed by atoms with Gasteiger partial charge in [0.25, 0.3) is 11.8 Å². The molecule has 6 nitrogen and oxygen atoms in total. The SMILES string of the molecule is CC(C)[C@H](Nc1ccc(C(F)(F)F)cc1Cl)C(=O)NNC(=O)c1cccc(N(C)C)c1. The molecule has 168 valence electrons. The number of hydrogen-bond acceptors (Lipinski definition) is 4. The molecule has 0 aliphatic heterocycles. The average Bonchev–Trinajstić information content (AvgIpc) is 2.69. The second kappa shape index (κ2) is 9.91. The summed E-state index contributed by atoms with van der Waals surface area (Å²) in [4.78, 5) is 26.8. The Hall–Kier alpha value is -2.94. The van der Waals surface area contributed by atoms with E-state index in [2.05, 4.69) is 16.2 Å². The molecule has 0 heterocycles. The van der Waals surface area contributed by atoms with E-state index in [0.29, 0.717) is 5.56 Å². The Labute approximate surface area is 183 Å². The van der Waals surface area contributed by atoms with E-state index in [4.69, 9.17) is 11.6 Å². The highest BCUT2D eigenvalue weighted by molar-refractivity contribution is 6.33. The van der Waals surface area contributed by atoms with Gasteiger partial charge in [0.1, 0.15) is 6.04 Å². The summed E-state index contributed by atoms with van der Waals surface area (Å²) in [6.45, 7) is 3.50. The van der Waals surface area contributed by atoms with Crippen molar-refractivity contribution in [1.29, 1.82) is 0 Å². The van der Waals surface area contributed by atoms with Gasteiger partial charge in [-0.1, -0.05) is 31.5 Å². The minimum atomic E-state index is -4.52. The van der Waals surface area contributed by atoms with E-state index in [1.807, 2.05) is 25.1 Å². The normalized spacial score (nSPS) is 12.3. The minimum Gasteiger partial charge on any atom is -0.378 e. The van der Waals surface area contributed by atoms with Crippen LogP contribution >= 0.6 is 11.6 Å². The number of carbonyl (C=O) groups excluding carboxylic acids is 2. The Kier molecular flexibility index (Phi) is 7.78. The molecule has 0 aliphatic rings. The van der Waals surface area contributed by atoms with Crippen molar-refractivity contribution in [3.05, 3.63) is 58.6 Å². The number of anilines is 2. The summed E-state index contributed by atoms with van der Waals surface area (Å²) in [7, 11) is 3.67. The smallest absolute Gasteiger partial charge is 0.378 e. The van der Waals surface area contributed by atoms with Gasteiger partial charge in [-0.05, 0) is 42.3 Å². The molecule has 0 spiro atoms. The monoisotopic (exact) mass is 456 g/mol. The summed E-state index contributed by atoms with van der Waals surface area (Å²) in [5.74, 6) is -1.33. The fourth-order valence-electron chi connectivity index (χ4n) is 2.70. The van der Waals surface area contributed by atoms with Crippen LogP contribution in [0, 0.1) is 5.92 Å². The maximum atomic E-state index is 12.8. The summed E-state index contributed by atoms with van der Waals surface area (Å²) in [5, 5.41) is 2.67. The second-order valence-electron chi connectivity index (χ2n) is 7.45. The van der Waals surface area contributed by atoms with Gasteiger partial charge in [0.2, 0.25) is 0 Å². The number of benzene rings is 2. The lowest BCUT2D eigenvalue weighted by Gasteiger charge is -2.24. The molecule has 0 radical (unpaired) electrons. The molecule has 0 unspecified atom stereocenters. The van der Waals surface area contributed by atoms with Crippen LogP contribution in [-0.4, -0.2) is 32.0 Å². The molecule has 31 heavy (non-hydrogen) atoms. The van der Waals surface area contributed by atoms with Crippen LogP contribution in [0.3, 0.4) is 0 Å². The summed E-state index contributed by atoms with van der Waals surface area (Å²) in [6, 6.07) is 8.80. The Balaban J connectivity index is 2.08. The van der Waals surface area contributed by atoms with Crippen molar-refractivity contribution in [3.63, 3.8) is 0 Å². The van der Waals surface area contributed by atoms with Crippen molar-refractivity contribution in [2.75, 3.05) is 24.3 Å². The van der Waals surface area contributed by atoms with Gasteiger partial charge in [-0.15, -0.1) is 0 Å². The zero-order valence-electron chi connectivity index (χ0n) is 17.5. The molecule has 0 bridgehead atoms. The van der Waals surface area contributed by atoms with Crippen LogP contribution in [0.2, 0.25) is 5.02 Å². The highest BCUT2D eigenvalue weighted by Gasteiger charge is 2.31. The summed E-state index contributed by atoms with van der Waals surface area (Å²) >= 11 is 5.97. The molecule has 2 aromatic carbocycles. The first-order valence-electron chi connectivity index (χ1n) is 9.41. The highest BCUT2D eigenvalue weighted by Crippen LogP contribution is 2.34. The third-order valence-corrected chi connectivity index (χ3v) is 4.79. The van der Waals surface area contributed by atoms with Gasteiger partial charge in [0, 0.05) is 25.3 Å². The van der Waals surface area contributed by atoms with Crippen LogP contribution in [0.25, 0.3) is 0 Å². The molecule has 2 aromatic rings. The third kappa shape index (κ3) is 6.52. The number of hydrogen-bond donors (Lipinski definition) is 3. The van der Waals surface area contributed by atoms with E-state index >= 15 is 0 Å². The van der Waals surface area contributed by atoms with Crippen LogP contribution in [0.15, 0.2) is 42.5 Å². The summed E-state index contributed by atoms with van der Waals surface area (Å²) < 4.78 is 38.5. The van der Waals surface area contributed by atoms with Gasteiger partial charge < -0.3 is 10.2 Å². The van der Waals surface area contributed by atoms with E-state index in [9.17, 15) is 22.8 Å². The number of rotatable bonds is 6. The van der Waals surface area contributed by atoms with Gasteiger partial charge in [0.05, 0.1) is 16.3 Å². The Morgan fingerprint density at radius 1 is 1.03 bits per heavy atom. The largest absolute Gasteiger partial charge is 0.416 e. The Morgan fingerprint density at radius 3 is 2.26 bits per heavy atom. The number of amides is 2. The van der Waals surface area contributed by atoms with Crippen molar-refractivity contribution in [2.24, 2.45) is 5.92 Å². The molecule has 2 amide bonds. The molecule has 0 saturated carbocycles. The quantitative estimate of drug-likeness (QED) is 0.566. The molecule has 2 rings (SSSR count). The molecule has 10 heteroatoms. The first kappa shape index (κ1) is 24.3. The molecule has 3 N–H and O–H groups in total. The number of alkyl halides is 3. The third-order valence-electron chi connectivity index (χ3n) is 4.48. The number of nitrogens with zero attached hydrogens (tertiary/aromatic N) is 1. The number of carbonyl (C=O) groups is 2. The van der Waals surface area contributed by atoms with Crippen LogP contribution in [0.5, 0.6) is 0 Å². The van der Waals surface area contributed by atoms with Crippen molar-refractivity contribution in [1.82, 2.24) is 10.9 Å². The maximum absolute atomic E-state index is 12.8. The first-order chi connectivity index (χ1) is 14.4. The lowest BCUT2D eigenvalue weighted by atomic mass is 10.0. The highest BCUT2D eigenvalue weighted by atomic mass is 35.5. The van der Waals surface area contributed by atoms with Crippen molar-refractivity contribution >= 4 is 34.8 Å². The molecule has 0 aliphatic carbocycles. The molecule has 0 fully saturated rings.